The van der Waals surface area contributed by atoms with Gasteiger partial charge in [-0.15, -0.1) is 18.3 Å². The number of allylic oxidation sites excluding steroid dienone is 2. The largest absolute Gasteiger partial charge is 0.331 e. The third-order valence-corrected chi connectivity index (χ3v) is 4.36. The number of carbonyl (C=O) groups excluding carboxylic acids is 3. The Hall–Kier alpha value is -1.56. The van der Waals surface area contributed by atoms with Crippen molar-refractivity contribution in [1.29, 1.82) is 0 Å². The van der Waals surface area contributed by atoms with Crippen LogP contribution in [-0.4, -0.2) is 34.5 Å². The molecule has 19 heavy (non-hydrogen) atoms. The first-order chi connectivity index (χ1) is 9.13. The van der Waals surface area contributed by atoms with Crippen molar-refractivity contribution in [2.75, 3.05) is 6.54 Å². The van der Waals surface area contributed by atoms with Gasteiger partial charge in [0.1, 0.15) is 0 Å². The van der Waals surface area contributed by atoms with Gasteiger partial charge in [0.25, 0.3) is 11.8 Å². The summed E-state index contributed by atoms with van der Waals surface area (Å²) in [4.78, 5) is 37.6. The van der Waals surface area contributed by atoms with Crippen molar-refractivity contribution in [3.63, 3.8) is 0 Å². The molecular weight excluding hydrogens is 264 g/mol. The topological polar surface area (TPSA) is 66.5 Å². The number of carbonyl (C=O) groups is 3. The molecule has 1 fully saturated rings. The van der Waals surface area contributed by atoms with Gasteiger partial charge in [0, 0.05) is 6.54 Å². The zero-order valence-corrected chi connectivity index (χ0v) is 11.4. The molecule has 1 heterocycles. The van der Waals surface area contributed by atoms with E-state index in [2.05, 4.69) is 18.0 Å². The molecule has 1 unspecified atom stereocenters. The van der Waals surface area contributed by atoms with Crippen molar-refractivity contribution < 1.29 is 14.4 Å². The van der Waals surface area contributed by atoms with E-state index in [0.29, 0.717) is 0 Å². The summed E-state index contributed by atoms with van der Waals surface area (Å²) >= 11 is 1.26. The van der Waals surface area contributed by atoms with Gasteiger partial charge in [0.2, 0.25) is 0 Å². The smallest absolute Gasteiger partial charge is 0.276 e. The summed E-state index contributed by atoms with van der Waals surface area (Å²) in [6, 6.07) is -0.663. The highest BCUT2D eigenvalue weighted by Gasteiger charge is 2.40. The molecule has 5 nitrogen and oxygen atoms in total. The summed E-state index contributed by atoms with van der Waals surface area (Å²) in [5.74, 6) is -0.975. The van der Waals surface area contributed by atoms with Gasteiger partial charge < -0.3 is 0 Å². The number of nitrogens with zero attached hydrogens (tertiary/aromatic N) is 1. The molecule has 0 radical (unpaired) electrons. The molecule has 2 aliphatic rings. The van der Waals surface area contributed by atoms with Gasteiger partial charge >= 0.3 is 6.03 Å². The Bertz CT molecular complexity index is 459. The molecular formula is C13H16N2O3S. The molecule has 0 aromatic heterocycles. The fraction of sp³-hybridized carbons (Fsp3) is 0.462. The van der Waals surface area contributed by atoms with Crippen LogP contribution in [-0.2, 0) is 9.59 Å². The van der Waals surface area contributed by atoms with Gasteiger partial charge in [-0.2, -0.15) is 0 Å². The number of hydrogen-bond acceptors (Lipinski definition) is 4. The van der Waals surface area contributed by atoms with Gasteiger partial charge in [-0.3, -0.25) is 19.8 Å². The SMILES string of the molecule is C=CCN1C(=O)NC(=O)C(SC2=CCCCC2)C1=O. The molecule has 1 aliphatic carbocycles. The van der Waals surface area contributed by atoms with Crippen molar-refractivity contribution in [3.05, 3.63) is 23.6 Å². The maximum absolute atomic E-state index is 12.2. The van der Waals surface area contributed by atoms with Crippen LogP contribution in [0.15, 0.2) is 23.6 Å². The average molecular weight is 280 g/mol. The maximum atomic E-state index is 12.2. The van der Waals surface area contributed by atoms with Crippen molar-refractivity contribution >= 4 is 29.6 Å². The van der Waals surface area contributed by atoms with E-state index in [1.54, 1.807) is 0 Å². The molecule has 1 saturated heterocycles. The molecule has 0 saturated carbocycles. The number of rotatable bonds is 4. The highest BCUT2D eigenvalue weighted by Crippen LogP contribution is 2.32. The third kappa shape index (κ3) is 3.07. The van der Waals surface area contributed by atoms with E-state index in [-0.39, 0.29) is 6.54 Å². The maximum Gasteiger partial charge on any atom is 0.331 e. The fourth-order valence-electron chi connectivity index (χ4n) is 2.07. The number of nitrogens with one attached hydrogen (secondary N) is 1. The van der Waals surface area contributed by atoms with Crippen LogP contribution in [0.25, 0.3) is 0 Å². The fourth-order valence-corrected chi connectivity index (χ4v) is 3.24. The van der Waals surface area contributed by atoms with Crippen molar-refractivity contribution in [1.82, 2.24) is 10.2 Å². The minimum absolute atomic E-state index is 0.119. The Morgan fingerprint density at radius 1 is 1.42 bits per heavy atom. The highest BCUT2D eigenvalue weighted by atomic mass is 32.2. The molecule has 102 valence electrons. The predicted molar refractivity (Wildman–Crippen MR) is 73.4 cm³/mol. The van der Waals surface area contributed by atoms with E-state index in [4.69, 9.17) is 0 Å². The van der Waals surface area contributed by atoms with Gasteiger partial charge in [-0.1, -0.05) is 12.2 Å². The van der Waals surface area contributed by atoms with Gasteiger partial charge in [0.05, 0.1) is 0 Å². The van der Waals surface area contributed by atoms with Crippen molar-refractivity contribution in [2.24, 2.45) is 0 Å². The van der Waals surface area contributed by atoms with Crippen LogP contribution >= 0.6 is 11.8 Å². The number of barbiturate groups is 1. The number of urea groups is 1. The number of thioether (sulfide) groups is 1. The van der Waals surface area contributed by atoms with Crippen LogP contribution in [0, 0.1) is 0 Å². The zero-order valence-electron chi connectivity index (χ0n) is 10.6. The van der Waals surface area contributed by atoms with E-state index < -0.39 is 23.1 Å². The lowest BCUT2D eigenvalue weighted by molar-refractivity contribution is -0.135. The summed E-state index contributed by atoms with van der Waals surface area (Å²) in [5.41, 5.74) is 0. The van der Waals surface area contributed by atoms with Gasteiger partial charge in [-0.05, 0) is 30.6 Å². The number of imide groups is 2. The van der Waals surface area contributed by atoms with E-state index in [1.807, 2.05) is 0 Å². The summed E-state index contributed by atoms with van der Waals surface area (Å²) in [6.45, 7) is 3.63. The molecule has 1 N–H and O–H groups in total. The molecule has 1 aliphatic heterocycles. The molecule has 6 heteroatoms. The summed E-state index contributed by atoms with van der Waals surface area (Å²) < 4.78 is 0. The lowest BCUT2D eigenvalue weighted by Gasteiger charge is -2.29. The Balaban J connectivity index is 2.11. The molecule has 1 atom stereocenters. The minimum Gasteiger partial charge on any atom is -0.276 e. The number of hydrogen-bond donors (Lipinski definition) is 1. The first kappa shape index (κ1) is 13.9. The first-order valence-electron chi connectivity index (χ1n) is 6.26. The van der Waals surface area contributed by atoms with Crippen molar-refractivity contribution in [3.8, 4) is 0 Å². The molecule has 0 aromatic carbocycles. The standard InChI is InChI=1S/C13H16N2O3S/c1-2-8-15-12(17)10(11(16)14-13(15)18)19-9-6-4-3-5-7-9/h2,6,10H,1,3-5,7-8H2,(H,14,16,18). The zero-order chi connectivity index (χ0) is 13.8. The minimum atomic E-state index is -0.859. The van der Waals surface area contributed by atoms with Crippen LogP contribution < -0.4 is 5.32 Å². The van der Waals surface area contributed by atoms with E-state index in [0.717, 1.165) is 35.5 Å². The van der Waals surface area contributed by atoms with Crippen molar-refractivity contribution in [2.45, 2.75) is 30.9 Å². The van der Waals surface area contributed by atoms with Crippen LogP contribution in [0.2, 0.25) is 0 Å². The lowest BCUT2D eigenvalue weighted by Crippen LogP contribution is -2.59. The second kappa shape index (κ2) is 6.06. The van der Waals surface area contributed by atoms with Crippen LogP contribution in [0.3, 0.4) is 0 Å². The second-order valence-electron chi connectivity index (χ2n) is 4.45. The molecule has 0 bridgehead atoms. The number of amides is 4. The molecule has 0 spiro atoms. The Morgan fingerprint density at radius 2 is 2.21 bits per heavy atom. The summed E-state index contributed by atoms with van der Waals surface area (Å²) in [6.07, 6.45) is 7.65. The average Bonchev–Trinajstić information content (AvgIpc) is 2.41. The molecule has 2 rings (SSSR count). The predicted octanol–water partition coefficient (Wildman–Crippen LogP) is 1.81. The van der Waals surface area contributed by atoms with E-state index in [9.17, 15) is 14.4 Å². The summed E-state index contributed by atoms with van der Waals surface area (Å²) in [5, 5.41) is 1.36. The van der Waals surface area contributed by atoms with Gasteiger partial charge in [-0.25, -0.2) is 4.79 Å². The Morgan fingerprint density at radius 3 is 2.84 bits per heavy atom. The first-order valence-corrected chi connectivity index (χ1v) is 7.14. The Kier molecular flexibility index (Phi) is 4.42. The summed E-state index contributed by atoms with van der Waals surface area (Å²) in [7, 11) is 0. The normalized spacial score (nSPS) is 24.0. The third-order valence-electron chi connectivity index (χ3n) is 3.03. The Labute approximate surface area is 116 Å². The molecule has 4 amide bonds. The van der Waals surface area contributed by atoms with E-state index in [1.165, 1.54) is 17.8 Å². The second-order valence-corrected chi connectivity index (χ2v) is 5.68. The van der Waals surface area contributed by atoms with E-state index >= 15 is 0 Å². The monoisotopic (exact) mass is 280 g/mol. The molecule has 0 aromatic rings. The van der Waals surface area contributed by atoms with Crippen LogP contribution in [0.5, 0.6) is 0 Å². The van der Waals surface area contributed by atoms with Crippen LogP contribution in [0.1, 0.15) is 25.7 Å². The lowest BCUT2D eigenvalue weighted by atomic mass is 10.1. The van der Waals surface area contributed by atoms with Crippen LogP contribution in [0.4, 0.5) is 4.79 Å². The van der Waals surface area contributed by atoms with Gasteiger partial charge in [0.15, 0.2) is 5.25 Å². The quantitative estimate of drug-likeness (QED) is 0.630. The highest BCUT2D eigenvalue weighted by molar-refractivity contribution is 8.05.